The Hall–Kier alpha value is -0.570. The molecule has 0 rings (SSSR count). The lowest BCUT2D eigenvalue weighted by atomic mass is 10.2. The second-order valence-corrected chi connectivity index (χ2v) is 3.72. The molecular weight excluding hydrogens is 164 g/mol. The third kappa shape index (κ3) is 6.58. The second-order valence-electron chi connectivity index (χ2n) is 3.72. The Morgan fingerprint density at radius 3 is 2.54 bits per heavy atom. The van der Waals surface area contributed by atoms with Crippen LogP contribution >= 0.6 is 0 Å². The molecule has 0 saturated carbocycles. The molecule has 0 aliphatic carbocycles. The van der Waals surface area contributed by atoms with E-state index >= 15 is 0 Å². The molecule has 1 N–H and O–H groups in total. The lowest BCUT2D eigenvalue weighted by Gasteiger charge is -2.19. The van der Waals surface area contributed by atoms with Gasteiger partial charge in [0.05, 0.1) is 0 Å². The fourth-order valence-corrected chi connectivity index (χ4v) is 0.870. The highest BCUT2D eigenvalue weighted by atomic mass is 16.1. The summed E-state index contributed by atoms with van der Waals surface area (Å²) in [6.07, 6.45) is 2.73. The number of rotatable bonds is 6. The molecular formula is C10H22N2O. The van der Waals surface area contributed by atoms with Crippen LogP contribution in [-0.4, -0.2) is 37.5 Å². The first-order valence-electron chi connectivity index (χ1n) is 5.01. The van der Waals surface area contributed by atoms with Crippen molar-refractivity contribution in [2.75, 3.05) is 20.6 Å². The molecule has 0 heterocycles. The number of carbonyl (C=O) groups is 1. The highest BCUT2D eigenvalue weighted by molar-refractivity contribution is 5.75. The van der Waals surface area contributed by atoms with Gasteiger partial charge in [-0.25, -0.2) is 0 Å². The van der Waals surface area contributed by atoms with Crippen LogP contribution < -0.4 is 5.32 Å². The number of unbranched alkanes of at least 4 members (excludes halogenated alkanes) is 1. The first-order valence-corrected chi connectivity index (χ1v) is 5.01. The minimum Gasteiger partial charge on any atom is -0.355 e. The fourth-order valence-electron chi connectivity index (χ4n) is 0.870. The normalized spacial score (nSPS) is 13.0. The van der Waals surface area contributed by atoms with Crippen LogP contribution in [0.4, 0.5) is 0 Å². The third-order valence-electron chi connectivity index (χ3n) is 2.23. The maximum atomic E-state index is 11.2. The van der Waals surface area contributed by atoms with Gasteiger partial charge in [0, 0.05) is 19.0 Å². The van der Waals surface area contributed by atoms with Crippen LogP contribution in [-0.2, 0) is 4.79 Å². The Morgan fingerprint density at radius 2 is 2.08 bits per heavy atom. The largest absolute Gasteiger partial charge is 0.355 e. The van der Waals surface area contributed by atoms with Gasteiger partial charge in [0.15, 0.2) is 0 Å². The number of hydrogen-bond acceptors (Lipinski definition) is 2. The molecule has 0 fully saturated rings. The van der Waals surface area contributed by atoms with Crippen LogP contribution in [0.5, 0.6) is 0 Å². The number of carbonyl (C=O) groups excluding carboxylic acids is 1. The van der Waals surface area contributed by atoms with Crippen molar-refractivity contribution in [3.63, 3.8) is 0 Å². The molecule has 13 heavy (non-hydrogen) atoms. The van der Waals surface area contributed by atoms with Crippen molar-refractivity contribution in [3.8, 4) is 0 Å². The number of hydrogen-bond donors (Lipinski definition) is 1. The molecule has 3 heteroatoms. The van der Waals surface area contributed by atoms with E-state index in [0.29, 0.717) is 12.5 Å². The van der Waals surface area contributed by atoms with Gasteiger partial charge in [0.1, 0.15) is 0 Å². The number of likely N-dealkylation sites (N-methyl/N-ethyl adjacent to an activating group) is 1. The zero-order valence-electron chi connectivity index (χ0n) is 9.26. The molecule has 1 amide bonds. The van der Waals surface area contributed by atoms with E-state index in [2.05, 4.69) is 24.1 Å². The van der Waals surface area contributed by atoms with E-state index in [0.717, 1.165) is 19.4 Å². The average Bonchev–Trinajstić information content (AvgIpc) is 2.10. The van der Waals surface area contributed by atoms with Gasteiger partial charge in [-0.05, 0) is 27.4 Å². The summed E-state index contributed by atoms with van der Waals surface area (Å²) in [5.74, 6) is 0.176. The third-order valence-corrected chi connectivity index (χ3v) is 2.23. The van der Waals surface area contributed by atoms with Crippen LogP contribution in [0.25, 0.3) is 0 Å². The van der Waals surface area contributed by atoms with Crippen LogP contribution in [0.3, 0.4) is 0 Å². The summed E-state index contributed by atoms with van der Waals surface area (Å²) in [5, 5.41) is 2.92. The standard InChI is InChI=1S/C10H22N2O/c1-5-6-7-10(13)11-8-9(2)12(3)4/h9H,5-8H2,1-4H3,(H,11,13). The number of nitrogens with zero attached hydrogens (tertiary/aromatic N) is 1. The summed E-state index contributed by atoms with van der Waals surface area (Å²) in [7, 11) is 4.03. The molecule has 0 saturated heterocycles. The van der Waals surface area contributed by atoms with Gasteiger partial charge < -0.3 is 10.2 Å². The van der Waals surface area contributed by atoms with E-state index in [9.17, 15) is 4.79 Å². The molecule has 0 aliphatic rings. The smallest absolute Gasteiger partial charge is 0.220 e. The molecule has 0 spiro atoms. The second kappa shape index (κ2) is 6.89. The fraction of sp³-hybridized carbons (Fsp3) is 0.900. The molecule has 0 aromatic heterocycles. The van der Waals surface area contributed by atoms with Gasteiger partial charge in [-0.1, -0.05) is 13.3 Å². The molecule has 1 atom stereocenters. The number of nitrogens with one attached hydrogen (secondary N) is 1. The predicted molar refractivity (Wildman–Crippen MR) is 55.7 cm³/mol. The summed E-state index contributed by atoms with van der Waals surface area (Å²) in [5.41, 5.74) is 0. The van der Waals surface area contributed by atoms with Gasteiger partial charge >= 0.3 is 0 Å². The first-order chi connectivity index (χ1) is 6.07. The number of amides is 1. The topological polar surface area (TPSA) is 32.3 Å². The summed E-state index contributed by atoms with van der Waals surface area (Å²) in [4.78, 5) is 13.3. The predicted octanol–water partition coefficient (Wildman–Crippen LogP) is 1.24. The van der Waals surface area contributed by atoms with Crippen LogP contribution in [0.2, 0.25) is 0 Å². The van der Waals surface area contributed by atoms with Crippen molar-refractivity contribution in [1.29, 1.82) is 0 Å². The van der Waals surface area contributed by atoms with E-state index in [1.807, 2.05) is 14.1 Å². The Labute approximate surface area is 81.5 Å². The van der Waals surface area contributed by atoms with Crippen molar-refractivity contribution >= 4 is 5.91 Å². The van der Waals surface area contributed by atoms with Crippen molar-refractivity contribution in [2.24, 2.45) is 0 Å². The summed E-state index contributed by atoms with van der Waals surface area (Å²) >= 11 is 0. The molecule has 0 bridgehead atoms. The maximum Gasteiger partial charge on any atom is 0.220 e. The van der Waals surface area contributed by atoms with E-state index in [1.54, 1.807) is 0 Å². The van der Waals surface area contributed by atoms with Crippen LogP contribution in [0, 0.1) is 0 Å². The Kier molecular flexibility index (Phi) is 6.59. The van der Waals surface area contributed by atoms with Gasteiger partial charge in [-0.15, -0.1) is 0 Å². The van der Waals surface area contributed by atoms with Gasteiger partial charge in [0.25, 0.3) is 0 Å². The Bertz CT molecular complexity index is 146. The first kappa shape index (κ1) is 12.4. The average molecular weight is 186 g/mol. The van der Waals surface area contributed by atoms with Gasteiger partial charge in [0.2, 0.25) is 5.91 Å². The SMILES string of the molecule is CCCCC(=O)NCC(C)N(C)C. The molecule has 0 radical (unpaired) electrons. The quantitative estimate of drug-likeness (QED) is 0.677. The van der Waals surface area contributed by atoms with E-state index in [-0.39, 0.29) is 5.91 Å². The van der Waals surface area contributed by atoms with Gasteiger partial charge in [-0.3, -0.25) is 4.79 Å². The van der Waals surface area contributed by atoms with E-state index < -0.39 is 0 Å². The highest BCUT2D eigenvalue weighted by Crippen LogP contribution is 1.94. The van der Waals surface area contributed by atoms with Crippen LogP contribution in [0.15, 0.2) is 0 Å². The molecule has 78 valence electrons. The lowest BCUT2D eigenvalue weighted by Crippen LogP contribution is -2.38. The minimum absolute atomic E-state index is 0.176. The zero-order chi connectivity index (χ0) is 10.3. The van der Waals surface area contributed by atoms with Crippen molar-refractivity contribution in [2.45, 2.75) is 39.2 Å². The Morgan fingerprint density at radius 1 is 1.46 bits per heavy atom. The summed E-state index contributed by atoms with van der Waals surface area (Å²) < 4.78 is 0. The molecule has 3 nitrogen and oxygen atoms in total. The van der Waals surface area contributed by atoms with E-state index in [1.165, 1.54) is 0 Å². The zero-order valence-corrected chi connectivity index (χ0v) is 9.26. The van der Waals surface area contributed by atoms with Gasteiger partial charge in [-0.2, -0.15) is 0 Å². The molecule has 0 aromatic rings. The summed E-state index contributed by atoms with van der Waals surface area (Å²) in [6.45, 7) is 4.94. The Balaban J connectivity index is 3.46. The molecule has 1 unspecified atom stereocenters. The highest BCUT2D eigenvalue weighted by Gasteiger charge is 2.05. The van der Waals surface area contributed by atoms with Crippen molar-refractivity contribution in [1.82, 2.24) is 10.2 Å². The van der Waals surface area contributed by atoms with Crippen molar-refractivity contribution in [3.05, 3.63) is 0 Å². The monoisotopic (exact) mass is 186 g/mol. The van der Waals surface area contributed by atoms with Crippen molar-refractivity contribution < 1.29 is 4.79 Å². The summed E-state index contributed by atoms with van der Waals surface area (Å²) in [6, 6.07) is 0.408. The lowest BCUT2D eigenvalue weighted by molar-refractivity contribution is -0.121. The maximum absolute atomic E-state index is 11.2. The molecule has 0 aromatic carbocycles. The van der Waals surface area contributed by atoms with E-state index in [4.69, 9.17) is 0 Å². The van der Waals surface area contributed by atoms with Crippen LogP contribution in [0.1, 0.15) is 33.1 Å². The molecule has 0 aliphatic heterocycles. The minimum atomic E-state index is 0.176.